The van der Waals surface area contributed by atoms with Crippen molar-refractivity contribution in [3.8, 4) is 0 Å². The topological polar surface area (TPSA) is 46.6 Å². The number of rotatable bonds is 8. The molecular formula is C22H22ClNO3S. The highest BCUT2D eigenvalue weighted by atomic mass is 35.5. The van der Waals surface area contributed by atoms with Gasteiger partial charge in [0.25, 0.3) is 11.8 Å². The molecule has 0 atom stereocenters. The largest absolute Gasteiger partial charge is 0.382 e. The number of carbonyl (C=O) groups is 2. The number of imide groups is 1. The van der Waals surface area contributed by atoms with Crippen molar-refractivity contribution < 1.29 is 14.3 Å². The van der Waals surface area contributed by atoms with Crippen LogP contribution in [0.4, 0.5) is 0 Å². The van der Waals surface area contributed by atoms with Gasteiger partial charge in [-0.3, -0.25) is 14.5 Å². The van der Waals surface area contributed by atoms with Gasteiger partial charge in [0.15, 0.2) is 0 Å². The molecule has 0 saturated heterocycles. The number of thioether (sulfide) groups is 1. The van der Waals surface area contributed by atoms with Gasteiger partial charge in [-0.05, 0) is 50.1 Å². The predicted molar refractivity (Wildman–Crippen MR) is 113 cm³/mol. The van der Waals surface area contributed by atoms with Crippen molar-refractivity contribution in [1.29, 1.82) is 0 Å². The molecule has 1 aliphatic heterocycles. The number of halogens is 1. The van der Waals surface area contributed by atoms with Crippen LogP contribution in [-0.2, 0) is 14.3 Å². The van der Waals surface area contributed by atoms with E-state index < -0.39 is 0 Å². The molecule has 2 amide bonds. The van der Waals surface area contributed by atoms with E-state index in [9.17, 15) is 9.59 Å². The lowest BCUT2D eigenvalue weighted by Gasteiger charge is -2.15. The van der Waals surface area contributed by atoms with Gasteiger partial charge >= 0.3 is 0 Å². The van der Waals surface area contributed by atoms with Crippen molar-refractivity contribution in [1.82, 2.24) is 4.90 Å². The van der Waals surface area contributed by atoms with E-state index in [0.29, 0.717) is 41.7 Å². The van der Waals surface area contributed by atoms with Gasteiger partial charge in [0.2, 0.25) is 0 Å². The third-order valence-corrected chi connectivity index (χ3v) is 5.72. The molecule has 0 aliphatic carbocycles. The zero-order valence-corrected chi connectivity index (χ0v) is 17.5. The van der Waals surface area contributed by atoms with Gasteiger partial charge in [-0.15, -0.1) is 0 Å². The maximum atomic E-state index is 13.1. The predicted octanol–water partition coefficient (Wildman–Crippen LogP) is 4.95. The van der Waals surface area contributed by atoms with Gasteiger partial charge in [0.05, 0.1) is 10.5 Å². The average Bonchev–Trinajstić information content (AvgIpc) is 2.92. The summed E-state index contributed by atoms with van der Waals surface area (Å²) >= 11 is 7.27. The van der Waals surface area contributed by atoms with E-state index in [2.05, 4.69) is 0 Å². The van der Waals surface area contributed by atoms with E-state index in [0.717, 1.165) is 16.0 Å². The molecule has 146 valence electrons. The van der Waals surface area contributed by atoms with Crippen molar-refractivity contribution in [3.63, 3.8) is 0 Å². The Hall–Kier alpha value is -2.08. The summed E-state index contributed by atoms with van der Waals surface area (Å²) in [6.45, 7) is 5.39. The lowest BCUT2D eigenvalue weighted by atomic mass is 10.0. The molecule has 0 unspecified atom stereocenters. The molecule has 0 bridgehead atoms. The molecular weight excluding hydrogens is 394 g/mol. The molecule has 0 spiro atoms. The number of nitrogens with zero attached hydrogens (tertiary/aromatic N) is 1. The standard InChI is InChI=1S/C22H22ClNO3S/c1-3-27-14-4-13-24-21(25)19(16-7-5-15(2)6-8-16)20(22(24)26)28-18-11-9-17(23)10-12-18/h5-12H,3-4,13-14H2,1-2H3. The van der Waals surface area contributed by atoms with Crippen molar-refractivity contribution in [3.05, 3.63) is 69.6 Å². The lowest BCUT2D eigenvalue weighted by molar-refractivity contribution is -0.136. The third-order valence-electron chi connectivity index (χ3n) is 4.37. The van der Waals surface area contributed by atoms with Crippen LogP contribution >= 0.6 is 23.4 Å². The molecule has 0 N–H and O–H groups in total. The van der Waals surface area contributed by atoms with E-state index in [1.54, 1.807) is 12.1 Å². The Bertz CT molecular complexity index is 891. The van der Waals surface area contributed by atoms with Crippen LogP contribution in [0.3, 0.4) is 0 Å². The van der Waals surface area contributed by atoms with E-state index >= 15 is 0 Å². The first-order valence-electron chi connectivity index (χ1n) is 9.20. The van der Waals surface area contributed by atoms with E-state index in [4.69, 9.17) is 16.3 Å². The number of hydrogen-bond acceptors (Lipinski definition) is 4. The smallest absolute Gasteiger partial charge is 0.268 e. The van der Waals surface area contributed by atoms with Crippen LogP contribution < -0.4 is 0 Å². The number of amides is 2. The van der Waals surface area contributed by atoms with E-state index in [-0.39, 0.29) is 11.8 Å². The molecule has 28 heavy (non-hydrogen) atoms. The van der Waals surface area contributed by atoms with Crippen LogP contribution in [0.1, 0.15) is 24.5 Å². The monoisotopic (exact) mass is 415 g/mol. The number of benzene rings is 2. The minimum absolute atomic E-state index is 0.248. The molecule has 4 nitrogen and oxygen atoms in total. The highest BCUT2D eigenvalue weighted by molar-refractivity contribution is 8.04. The van der Waals surface area contributed by atoms with Gasteiger partial charge in [-0.25, -0.2) is 0 Å². The second-order valence-electron chi connectivity index (χ2n) is 6.44. The van der Waals surface area contributed by atoms with Crippen molar-refractivity contribution in [2.75, 3.05) is 19.8 Å². The summed E-state index contributed by atoms with van der Waals surface area (Å²) in [5.41, 5.74) is 2.32. The van der Waals surface area contributed by atoms with Crippen LogP contribution in [0.5, 0.6) is 0 Å². The second-order valence-corrected chi connectivity index (χ2v) is 7.96. The fourth-order valence-corrected chi connectivity index (χ4v) is 4.05. The maximum absolute atomic E-state index is 13.1. The summed E-state index contributed by atoms with van der Waals surface area (Å²) < 4.78 is 5.34. The maximum Gasteiger partial charge on any atom is 0.268 e. The molecule has 0 aromatic heterocycles. The summed E-state index contributed by atoms with van der Waals surface area (Å²) in [6.07, 6.45) is 0.616. The Morgan fingerprint density at radius 3 is 2.32 bits per heavy atom. The molecule has 1 aliphatic rings. The molecule has 1 heterocycles. The number of ether oxygens (including phenoxy) is 1. The Balaban J connectivity index is 1.92. The van der Waals surface area contributed by atoms with Gasteiger partial charge in [0.1, 0.15) is 0 Å². The molecule has 0 saturated carbocycles. The Morgan fingerprint density at radius 1 is 1.00 bits per heavy atom. The number of carbonyl (C=O) groups excluding carboxylic acids is 2. The van der Waals surface area contributed by atoms with Crippen LogP contribution in [0.25, 0.3) is 5.57 Å². The Labute approximate surface area is 174 Å². The Kier molecular flexibility index (Phi) is 6.94. The van der Waals surface area contributed by atoms with Gasteiger partial charge < -0.3 is 4.74 Å². The summed E-state index contributed by atoms with van der Waals surface area (Å²) in [7, 11) is 0. The highest BCUT2D eigenvalue weighted by Gasteiger charge is 2.39. The second kappa shape index (κ2) is 9.41. The fraction of sp³-hybridized carbons (Fsp3) is 0.273. The molecule has 2 aromatic rings. The minimum atomic E-state index is -0.253. The quantitative estimate of drug-likeness (QED) is 0.452. The highest BCUT2D eigenvalue weighted by Crippen LogP contribution is 2.40. The summed E-state index contributed by atoms with van der Waals surface area (Å²) in [6, 6.07) is 14.9. The zero-order chi connectivity index (χ0) is 20.1. The van der Waals surface area contributed by atoms with Crippen molar-refractivity contribution in [2.24, 2.45) is 0 Å². The molecule has 3 rings (SSSR count). The molecule has 0 radical (unpaired) electrons. The minimum Gasteiger partial charge on any atom is -0.382 e. The van der Waals surface area contributed by atoms with Crippen LogP contribution in [0.15, 0.2) is 58.3 Å². The van der Waals surface area contributed by atoms with Crippen LogP contribution in [-0.4, -0.2) is 36.5 Å². The number of hydrogen-bond donors (Lipinski definition) is 0. The molecule has 2 aromatic carbocycles. The van der Waals surface area contributed by atoms with Crippen molar-refractivity contribution in [2.45, 2.75) is 25.2 Å². The Morgan fingerprint density at radius 2 is 1.68 bits per heavy atom. The van der Waals surface area contributed by atoms with Crippen LogP contribution in [0, 0.1) is 6.92 Å². The summed E-state index contributed by atoms with van der Waals surface area (Å²) in [5, 5.41) is 0.628. The molecule has 0 fully saturated rings. The van der Waals surface area contributed by atoms with Crippen molar-refractivity contribution >= 4 is 40.8 Å². The zero-order valence-electron chi connectivity index (χ0n) is 15.9. The summed E-state index contributed by atoms with van der Waals surface area (Å²) in [5.74, 6) is -0.501. The first kappa shape index (κ1) is 20.6. The fourth-order valence-electron chi connectivity index (χ4n) is 2.92. The first-order chi connectivity index (χ1) is 13.5. The van der Waals surface area contributed by atoms with Gasteiger partial charge in [-0.1, -0.05) is 53.2 Å². The number of aryl methyl sites for hydroxylation is 1. The van der Waals surface area contributed by atoms with E-state index in [1.807, 2.05) is 50.2 Å². The lowest BCUT2D eigenvalue weighted by Crippen LogP contribution is -2.33. The van der Waals surface area contributed by atoms with E-state index in [1.165, 1.54) is 16.7 Å². The van der Waals surface area contributed by atoms with Gasteiger partial charge in [0, 0.05) is 29.7 Å². The first-order valence-corrected chi connectivity index (χ1v) is 10.4. The SMILES string of the molecule is CCOCCCN1C(=O)C(Sc2ccc(Cl)cc2)=C(c2ccc(C)cc2)C1=O. The third kappa shape index (κ3) is 4.66. The summed E-state index contributed by atoms with van der Waals surface area (Å²) in [4.78, 5) is 28.8. The average molecular weight is 416 g/mol. The normalized spacial score (nSPS) is 14.3. The van der Waals surface area contributed by atoms with Gasteiger partial charge in [-0.2, -0.15) is 0 Å². The molecule has 6 heteroatoms. The van der Waals surface area contributed by atoms with Crippen LogP contribution in [0.2, 0.25) is 5.02 Å².